The summed E-state index contributed by atoms with van der Waals surface area (Å²) in [5, 5.41) is 13.3. The molecule has 0 fully saturated rings. The number of nitrogens with zero attached hydrogens (tertiary/aromatic N) is 10. The standard InChI is InChI=1S/C70H77N15O13/c1-44(2)62(77-56(86)17-6-5-7-33-83-57(87)26-27-58(83)88)64(91)76-53(16-10-28-74-69(71)96)63(90)75-46-20-18-45(19-21-46)41-98-70(97)79(4)40-59(89)80(37-39-85-66(93)50-15-9-13-48-55(82-35-30-73-43-82)25-23-52(61(48)50)68(85)95)32-11-31-78(3)36-38-84-65(92)49-14-8-12-47-54(81-34-29-72-42-81)24-22-51(60(47)49)67(84)94/h8-9,12-15,18-27,29-30,34-35,42-44,53,62H,5-7,10-11,16-17,28,31-33,36-41H2,1-4H3,(H,75,90)(H,76,91)(H,77,86)(H3,71,74,96)/t53-,62?/m0/s1. The molecule has 0 radical (unpaired) electrons. The second kappa shape index (κ2) is 31.4. The molecule has 28 nitrogen and oxygen atoms in total. The number of anilines is 1. The van der Waals surface area contributed by atoms with Gasteiger partial charge >= 0.3 is 12.1 Å². The van der Waals surface area contributed by atoms with Crippen molar-refractivity contribution in [2.75, 3.05) is 78.3 Å². The summed E-state index contributed by atoms with van der Waals surface area (Å²) in [4.78, 5) is 177. The number of carbonyl (C=O) groups is 12. The molecule has 0 bridgehead atoms. The van der Waals surface area contributed by atoms with Crippen LogP contribution in [0.4, 0.5) is 15.3 Å². The van der Waals surface area contributed by atoms with Crippen molar-refractivity contribution in [2.45, 2.75) is 77.5 Å². The van der Waals surface area contributed by atoms with Crippen molar-refractivity contribution in [3.8, 4) is 11.4 Å². The SMILES string of the molecule is CC(C)C(NC(=O)CCCCCN1C(=O)C=CC1=O)C(=O)N[C@@H](CCCNC(N)=O)C(=O)Nc1ccc(COC(=O)N(C)CC(=O)N(CCCN(C)CCN2C(=O)c3cccc4c(-n5ccnc5)ccc(c34)C2=O)CCN2C(=O)c3cccc4c(-n5ccnc5)ccc(c34)C2=O)cc1. The highest BCUT2D eigenvalue weighted by atomic mass is 16.6. The van der Waals surface area contributed by atoms with E-state index in [1.54, 1.807) is 123 Å². The molecule has 2 aromatic heterocycles. The zero-order chi connectivity index (χ0) is 69.7. The molecule has 5 heterocycles. The lowest BCUT2D eigenvalue weighted by atomic mass is 9.93. The van der Waals surface area contributed by atoms with Gasteiger partial charge in [-0.1, -0.05) is 56.7 Å². The third kappa shape index (κ3) is 16.1. The monoisotopic (exact) mass is 1340 g/mol. The Morgan fingerprint density at radius 2 is 1.16 bits per heavy atom. The van der Waals surface area contributed by atoms with Crippen LogP contribution in [0.5, 0.6) is 0 Å². The summed E-state index contributed by atoms with van der Waals surface area (Å²) < 4.78 is 9.25. The third-order valence-electron chi connectivity index (χ3n) is 17.4. The molecule has 5 aromatic carbocycles. The molecule has 0 saturated carbocycles. The number of rotatable bonds is 32. The van der Waals surface area contributed by atoms with E-state index in [2.05, 4.69) is 31.2 Å². The van der Waals surface area contributed by atoms with Crippen molar-refractivity contribution in [1.82, 2.24) is 64.5 Å². The van der Waals surface area contributed by atoms with Crippen LogP contribution >= 0.6 is 0 Å². The molecule has 510 valence electrons. The number of imide groups is 3. The summed E-state index contributed by atoms with van der Waals surface area (Å²) in [5.74, 6) is -5.17. The van der Waals surface area contributed by atoms with Gasteiger partial charge in [0.1, 0.15) is 25.2 Å². The van der Waals surface area contributed by atoms with Crippen molar-refractivity contribution in [2.24, 2.45) is 11.7 Å². The van der Waals surface area contributed by atoms with Gasteiger partial charge in [-0.3, -0.25) is 62.6 Å². The number of unbranched alkanes of at least 4 members (excludes halogenated alkanes) is 2. The average molecular weight is 1340 g/mol. The topological polar surface area (TPSA) is 343 Å². The Labute approximate surface area is 564 Å². The van der Waals surface area contributed by atoms with Crippen molar-refractivity contribution in [3.05, 3.63) is 162 Å². The Morgan fingerprint density at radius 3 is 1.71 bits per heavy atom. The van der Waals surface area contributed by atoms with E-state index >= 15 is 0 Å². The van der Waals surface area contributed by atoms with Gasteiger partial charge in [0.05, 0.1) is 24.0 Å². The van der Waals surface area contributed by atoms with E-state index in [9.17, 15) is 57.5 Å². The van der Waals surface area contributed by atoms with Crippen LogP contribution in [-0.2, 0) is 40.1 Å². The summed E-state index contributed by atoms with van der Waals surface area (Å²) in [6.07, 6.45) is 13.9. The minimum atomic E-state index is -1.13. The quantitative estimate of drug-likeness (QED) is 0.0268. The first-order valence-electron chi connectivity index (χ1n) is 32.4. The third-order valence-corrected chi connectivity index (χ3v) is 17.4. The number of carbonyl (C=O) groups excluding carboxylic acids is 12. The molecule has 0 saturated heterocycles. The summed E-state index contributed by atoms with van der Waals surface area (Å²) in [6, 6.07) is 21.0. The van der Waals surface area contributed by atoms with Crippen molar-refractivity contribution in [1.29, 1.82) is 0 Å². The number of ether oxygens (including phenoxy) is 1. The average Bonchev–Trinajstić information content (AvgIpc) is 1.12. The van der Waals surface area contributed by atoms with E-state index < -0.39 is 78.0 Å². The van der Waals surface area contributed by atoms with Crippen LogP contribution in [0, 0.1) is 5.92 Å². The normalized spacial score (nSPS) is 14.0. The van der Waals surface area contributed by atoms with Crippen LogP contribution < -0.4 is 27.0 Å². The molecule has 1 unspecified atom stereocenters. The number of amides is 13. The molecule has 98 heavy (non-hydrogen) atoms. The predicted molar refractivity (Wildman–Crippen MR) is 359 cm³/mol. The highest BCUT2D eigenvalue weighted by Crippen LogP contribution is 2.36. The molecule has 13 amide bonds. The van der Waals surface area contributed by atoms with Crippen LogP contribution in [0.2, 0.25) is 0 Å². The van der Waals surface area contributed by atoms with Gasteiger partial charge in [0.25, 0.3) is 35.4 Å². The van der Waals surface area contributed by atoms with Crippen LogP contribution in [-0.4, -0.2) is 205 Å². The molecule has 3 aliphatic heterocycles. The molecule has 28 heteroatoms. The maximum absolute atomic E-state index is 14.4. The lowest BCUT2D eigenvalue weighted by molar-refractivity contribution is -0.137. The first kappa shape index (κ1) is 69.4. The number of aromatic nitrogens is 4. The second-order valence-electron chi connectivity index (χ2n) is 24.6. The van der Waals surface area contributed by atoms with Gasteiger partial charge in [0.2, 0.25) is 23.6 Å². The van der Waals surface area contributed by atoms with Gasteiger partial charge in [0, 0.05) is 146 Å². The molecular formula is C70H77N15O13. The number of benzene rings is 5. The Bertz CT molecular complexity index is 4190. The fourth-order valence-electron chi connectivity index (χ4n) is 12.2. The smallest absolute Gasteiger partial charge is 0.410 e. The van der Waals surface area contributed by atoms with Crippen molar-refractivity contribution < 1.29 is 62.3 Å². The highest BCUT2D eigenvalue weighted by Gasteiger charge is 2.37. The van der Waals surface area contributed by atoms with Crippen LogP contribution in [0.3, 0.4) is 0 Å². The number of imidazole rings is 2. The lowest BCUT2D eigenvalue weighted by Gasteiger charge is -2.32. The zero-order valence-corrected chi connectivity index (χ0v) is 54.8. The van der Waals surface area contributed by atoms with E-state index in [0.29, 0.717) is 88.4 Å². The minimum Gasteiger partial charge on any atom is -0.445 e. The fraction of sp³-hybridized carbons (Fsp3) is 0.343. The molecule has 10 rings (SSSR count). The maximum Gasteiger partial charge on any atom is 0.410 e. The fourth-order valence-corrected chi connectivity index (χ4v) is 12.2. The Morgan fingerprint density at radius 1 is 0.592 bits per heavy atom. The van der Waals surface area contributed by atoms with Gasteiger partial charge in [-0.15, -0.1) is 0 Å². The maximum atomic E-state index is 14.4. The highest BCUT2D eigenvalue weighted by molar-refractivity contribution is 6.27. The molecule has 0 spiro atoms. The summed E-state index contributed by atoms with van der Waals surface area (Å²) >= 11 is 0. The number of hydrogen-bond acceptors (Lipinski definition) is 16. The van der Waals surface area contributed by atoms with Crippen molar-refractivity contribution in [3.63, 3.8) is 0 Å². The molecule has 6 N–H and O–H groups in total. The number of likely N-dealkylation sites (N-methyl/N-ethyl adjacent to an activating group) is 2. The van der Waals surface area contributed by atoms with E-state index in [-0.39, 0.29) is 82.9 Å². The summed E-state index contributed by atoms with van der Waals surface area (Å²) in [6.45, 7) is 3.73. The van der Waals surface area contributed by atoms with E-state index in [1.165, 1.54) is 29.0 Å². The second-order valence-corrected chi connectivity index (χ2v) is 24.6. The predicted octanol–water partition coefficient (Wildman–Crippen LogP) is 5.17. The van der Waals surface area contributed by atoms with Gasteiger partial charge in [-0.05, 0) is 106 Å². The van der Waals surface area contributed by atoms with Gasteiger partial charge in [-0.25, -0.2) is 19.6 Å². The Kier molecular flexibility index (Phi) is 22.3. The minimum absolute atomic E-state index is 0.0737. The van der Waals surface area contributed by atoms with E-state index in [1.807, 2.05) is 34.7 Å². The van der Waals surface area contributed by atoms with Crippen LogP contribution in [0.15, 0.2) is 135 Å². The number of nitrogens with one attached hydrogen (secondary N) is 4. The van der Waals surface area contributed by atoms with Crippen LogP contribution in [0.1, 0.15) is 106 Å². The molecule has 0 aliphatic carbocycles. The first-order chi connectivity index (χ1) is 47.2. The summed E-state index contributed by atoms with van der Waals surface area (Å²) in [7, 11) is 3.22. The Balaban J connectivity index is 0.744. The van der Waals surface area contributed by atoms with Gasteiger partial charge in [-0.2, -0.15) is 0 Å². The van der Waals surface area contributed by atoms with Crippen LogP contribution in [0.25, 0.3) is 32.9 Å². The van der Waals surface area contributed by atoms with E-state index in [4.69, 9.17) is 10.5 Å². The number of urea groups is 1. The zero-order valence-electron chi connectivity index (χ0n) is 54.8. The molecular weight excluding hydrogens is 1260 g/mol. The first-order valence-corrected chi connectivity index (χ1v) is 32.4. The summed E-state index contributed by atoms with van der Waals surface area (Å²) in [5.41, 5.74) is 9.05. The number of hydrogen-bond donors (Lipinski definition) is 5. The van der Waals surface area contributed by atoms with Gasteiger partial charge in [0.15, 0.2) is 0 Å². The molecule has 7 aromatic rings. The van der Waals surface area contributed by atoms with Gasteiger partial charge < -0.3 is 55.6 Å². The lowest BCUT2D eigenvalue weighted by Crippen LogP contribution is -2.54. The largest absolute Gasteiger partial charge is 0.445 e. The molecule has 2 atom stereocenters. The van der Waals surface area contributed by atoms with E-state index in [0.717, 1.165) is 31.5 Å². The Hall–Kier alpha value is -11.4. The van der Waals surface area contributed by atoms with Crippen molar-refractivity contribution >= 4 is 98.4 Å². The number of nitrogens with two attached hydrogens (primary N) is 1. The number of primary amides is 1. The molecule has 3 aliphatic rings.